The predicted octanol–water partition coefficient (Wildman–Crippen LogP) is 7.17. The molecule has 1 saturated carbocycles. The Morgan fingerprint density at radius 3 is 1.62 bits per heavy atom. The van der Waals surface area contributed by atoms with Crippen LogP contribution in [-0.2, 0) is 39.6 Å². The van der Waals surface area contributed by atoms with Gasteiger partial charge in [-0.15, -0.1) is 0 Å². The number of benzene rings is 3. The zero-order valence-corrected chi connectivity index (χ0v) is 48.5. The largest absolute Gasteiger partial charge is 0.493 e. The van der Waals surface area contributed by atoms with Crippen LogP contribution in [0.15, 0.2) is 69.9 Å². The van der Waals surface area contributed by atoms with Gasteiger partial charge in [-0.3, -0.25) is 28.8 Å². The molecule has 80 heavy (non-hydrogen) atoms. The second-order valence-corrected chi connectivity index (χ2v) is 23.1. The Hall–Kier alpha value is -6.95. The van der Waals surface area contributed by atoms with Crippen LogP contribution in [0.1, 0.15) is 137 Å². The van der Waals surface area contributed by atoms with Crippen LogP contribution in [0.2, 0.25) is 0 Å². The van der Waals surface area contributed by atoms with Gasteiger partial charge in [-0.25, -0.2) is 4.79 Å². The van der Waals surface area contributed by atoms with Crippen molar-refractivity contribution in [3.63, 3.8) is 0 Å². The molecule has 434 valence electrons. The molecule has 0 bridgehead atoms. The molecule has 4 amide bonds. The van der Waals surface area contributed by atoms with Crippen LogP contribution in [0.25, 0.3) is 11.0 Å². The minimum Gasteiger partial charge on any atom is -0.493 e. The molecule has 0 saturated heterocycles. The van der Waals surface area contributed by atoms with E-state index in [1.165, 1.54) is 6.07 Å². The lowest BCUT2D eigenvalue weighted by Gasteiger charge is -2.66. The number of quaternary nitrogens is 1. The second-order valence-electron chi connectivity index (χ2n) is 23.1. The van der Waals surface area contributed by atoms with Gasteiger partial charge in [0.05, 0.1) is 55.6 Å². The van der Waals surface area contributed by atoms with Gasteiger partial charge in [0.2, 0.25) is 23.6 Å². The molecule has 0 radical (unpaired) electrons. The third-order valence-electron chi connectivity index (χ3n) is 18.1. The minimum atomic E-state index is -1.16. The average molecular weight is 1110 g/mol. The molecular weight excluding hydrogens is 1020 g/mol. The zero-order chi connectivity index (χ0) is 58.2. The first kappa shape index (κ1) is 60.7. The summed E-state index contributed by atoms with van der Waals surface area (Å²) >= 11 is 0. The number of aryl methyl sites for hydroxylation is 1. The monoisotopic (exact) mass is 1110 g/mol. The van der Waals surface area contributed by atoms with Crippen molar-refractivity contribution < 1.29 is 62.6 Å². The highest BCUT2D eigenvalue weighted by Gasteiger charge is 2.77. The molecule has 2 aliphatic heterocycles. The van der Waals surface area contributed by atoms with Crippen molar-refractivity contribution in [1.82, 2.24) is 21.3 Å². The molecule has 3 aromatic carbocycles. The Kier molecular flexibility index (Phi) is 19.1. The van der Waals surface area contributed by atoms with Gasteiger partial charge >= 0.3 is 17.6 Å². The molecule has 8 unspecified atom stereocenters. The summed E-state index contributed by atoms with van der Waals surface area (Å²) in [6, 6.07) is 17.5. The van der Waals surface area contributed by atoms with Crippen LogP contribution < -0.4 is 56.3 Å². The molecule has 8 atom stereocenters. The van der Waals surface area contributed by atoms with Crippen LogP contribution in [0.5, 0.6) is 28.7 Å². The molecule has 1 fully saturated rings. The molecule has 7 N–H and O–H groups in total. The number of fused-ring (bicyclic) bond motifs is 9. The van der Waals surface area contributed by atoms with E-state index < -0.39 is 56.5 Å². The highest BCUT2D eigenvalue weighted by atomic mass is 16.5. The fraction of sp³-hybridized carbons (Fsp3) is 0.565. The van der Waals surface area contributed by atoms with E-state index in [1.807, 2.05) is 99.6 Å². The van der Waals surface area contributed by atoms with Gasteiger partial charge in [0.25, 0.3) is 0 Å². The topological polar surface area (TPSA) is 255 Å². The van der Waals surface area contributed by atoms with E-state index >= 15 is 0 Å². The van der Waals surface area contributed by atoms with Gasteiger partial charge < -0.3 is 55.1 Å². The van der Waals surface area contributed by atoms with E-state index in [2.05, 4.69) is 27.0 Å². The maximum atomic E-state index is 14.5. The lowest BCUT2D eigenvalue weighted by atomic mass is 9.35. The molecule has 7 rings (SSSR count). The number of esters is 2. The smallest absolute Gasteiger partial charge is 0.336 e. The van der Waals surface area contributed by atoms with Gasteiger partial charge in [-0.05, 0) is 102 Å². The Morgan fingerprint density at radius 2 is 1.11 bits per heavy atom. The predicted molar refractivity (Wildman–Crippen MR) is 301 cm³/mol. The molecular formula is C62H84N5O13+. The van der Waals surface area contributed by atoms with Crippen molar-refractivity contribution in [2.75, 3.05) is 52.5 Å². The fourth-order valence-electron chi connectivity index (χ4n) is 12.3. The number of carbonyl (C=O) groups excluding carboxylic acids is 6. The van der Waals surface area contributed by atoms with Gasteiger partial charge in [0, 0.05) is 82.6 Å². The van der Waals surface area contributed by atoms with E-state index in [0.29, 0.717) is 131 Å². The van der Waals surface area contributed by atoms with Crippen LogP contribution in [-0.4, -0.2) is 88.1 Å². The molecule has 3 heterocycles. The minimum absolute atomic E-state index is 0.0118. The molecule has 4 aromatic rings. The van der Waals surface area contributed by atoms with Crippen molar-refractivity contribution in [2.45, 2.75) is 138 Å². The van der Waals surface area contributed by atoms with E-state index in [1.54, 1.807) is 24.3 Å². The second kappa shape index (κ2) is 25.2. The summed E-state index contributed by atoms with van der Waals surface area (Å²) in [4.78, 5) is 94.2. The Morgan fingerprint density at radius 1 is 0.625 bits per heavy atom. The van der Waals surface area contributed by atoms with Crippen molar-refractivity contribution in [1.29, 1.82) is 0 Å². The summed E-state index contributed by atoms with van der Waals surface area (Å²) in [7, 11) is 0. The number of hydrogen-bond donors (Lipinski definition) is 5. The molecule has 18 heteroatoms. The molecule has 3 aliphatic rings. The van der Waals surface area contributed by atoms with Gasteiger partial charge in [-0.1, -0.05) is 67.0 Å². The van der Waals surface area contributed by atoms with Gasteiger partial charge in [-0.2, -0.15) is 0 Å². The number of amides is 4. The van der Waals surface area contributed by atoms with Crippen LogP contribution in [0, 0.1) is 40.9 Å². The summed E-state index contributed by atoms with van der Waals surface area (Å²) in [6.45, 7) is 21.9. The third-order valence-corrected chi connectivity index (χ3v) is 18.1. The first-order valence-electron chi connectivity index (χ1n) is 28.6. The summed E-state index contributed by atoms with van der Waals surface area (Å²) in [5.74, 6) is -0.709. The number of hydrogen-bond acceptors (Lipinski definition) is 13. The lowest BCUT2D eigenvalue weighted by molar-refractivity contribution is -0.364. The Balaban J connectivity index is 0.922. The van der Waals surface area contributed by atoms with Crippen molar-refractivity contribution in [3.05, 3.63) is 87.8 Å². The van der Waals surface area contributed by atoms with Crippen LogP contribution >= 0.6 is 0 Å². The van der Waals surface area contributed by atoms with Crippen molar-refractivity contribution in [3.8, 4) is 28.7 Å². The molecule has 0 spiro atoms. The van der Waals surface area contributed by atoms with E-state index in [0.717, 1.165) is 22.9 Å². The number of rotatable bonds is 29. The molecule has 1 aromatic heterocycles. The average Bonchev–Trinajstić information content (AvgIpc) is 1.31. The maximum Gasteiger partial charge on any atom is 0.336 e. The molecule has 18 nitrogen and oxygen atoms in total. The summed E-state index contributed by atoms with van der Waals surface area (Å²) in [5.41, 5.74) is 1.35. The lowest BCUT2D eigenvalue weighted by Crippen LogP contribution is -2.75. The number of carbonyl (C=O) groups is 6. The van der Waals surface area contributed by atoms with Crippen LogP contribution in [0.4, 0.5) is 0 Å². The maximum absolute atomic E-state index is 14.5. The zero-order valence-electron chi connectivity index (χ0n) is 48.5. The first-order chi connectivity index (χ1) is 38.1. The van der Waals surface area contributed by atoms with Crippen molar-refractivity contribution >= 4 is 46.5 Å². The summed E-state index contributed by atoms with van der Waals surface area (Å²) in [5, 5.41) is 12.9. The SMILES string of the molecule is CCC(C)C(=O)NCCCOc1ccc2c(c1)OC(=O)C1C2(C)C2C(=O)Oc3cc(OCCCNC(=O)C(C)(CCCC(C)(CC)C(=O)NCCCOc4ccc5c(C)cc(=O)oc5c4)C(C)(CC)C(=O)NCC[NH3+])ccc3C12C. The standard InChI is InChI=1S/C62H83N5O13/c1-11-38(4)52(69)64-27-15-31-76-41-19-22-44-47(36-41)79-53(70)50-61(44,9)51-54(71)80-48-37-42(20-23-45(48)62(50,51)10)77-33-17-29-66-57(74)60(8,59(7,13-3)56(73)67-30-26-63)25-14-24-58(6,12-2)55(72)65-28-16-32-75-40-18-21-43-39(5)34-49(68)78-46(43)35-40/h18-23,34-38,50-51H,11-17,24-33,63H2,1-10H3,(H,64,69)(H,65,72)(H,66,74)(H,67,73)/p+1. The Labute approximate surface area is 469 Å². The summed E-state index contributed by atoms with van der Waals surface area (Å²) in [6.07, 6.45) is 4.61. The van der Waals surface area contributed by atoms with Gasteiger partial charge in [0.15, 0.2) is 0 Å². The number of ether oxygens (including phenoxy) is 5. The quantitative estimate of drug-likeness (QED) is 0.0157. The van der Waals surface area contributed by atoms with E-state index in [9.17, 15) is 33.6 Å². The fourth-order valence-corrected chi connectivity index (χ4v) is 12.3. The third kappa shape index (κ3) is 11.9. The highest BCUT2D eigenvalue weighted by Crippen LogP contribution is 2.71. The van der Waals surface area contributed by atoms with Gasteiger partial charge in [0.1, 0.15) is 34.3 Å². The van der Waals surface area contributed by atoms with Crippen LogP contribution in [0.3, 0.4) is 0 Å². The van der Waals surface area contributed by atoms with E-state index in [4.69, 9.17) is 28.1 Å². The van der Waals surface area contributed by atoms with E-state index in [-0.39, 0.29) is 42.7 Å². The van der Waals surface area contributed by atoms with Crippen molar-refractivity contribution in [2.24, 2.45) is 34.0 Å². The highest BCUT2D eigenvalue weighted by molar-refractivity contribution is 5.95. The Bertz CT molecular complexity index is 3000. The molecule has 1 aliphatic carbocycles. The summed E-state index contributed by atoms with van der Waals surface area (Å²) < 4.78 is 35.4. The number of nitrogens with one attached hydrogen (secondary N) is 4. The normalized spacial score (nSPS) is 21.4. The first-order valence-corrected chi connectivity index (χ1v) is 28.6.